The summed E-state index contributed by atoms with van der Waals surface area (Å²) in [5.41, 5.74) is 1.73. The smallest absolute Gasteiger partial charge is 0.160 e. The maximum absolute atomic E-state index is 6.24. The third-order valence-electron chi connectivity index (χ3n) is 5.35. The van der Waals surface area contributed by atoms with Crippen LogP contribution >= 0.6 is 11.8 Å². The lowest BCUT2D eigenvalue weighted by Gasteiger charge is -2.46. The minimum absolute atomic E-state index is 0.0409. The van der Waals surface area contributed by atoms with Crippen molar-refractivity contribution in [1.29, 1.82) is 0 Å². The maximum atomic E-state index is 6.24. The summed E-state index contributed by atoms with van der Waals surface area (Å²) in [7, 11) is 1.81. The van der Waals surface area contributed by atoms with Crippen LogP contribution in [0.4, 0.5) is 0 Å². The van der Waals surface area contributed by atoms with Crippen molar-refractivity contribution < 1.29 is 14.2 Å². The molecule has 2 fully saturated rings. The van der Waals surface area contributed by atoms with E-state index < -0.39 is 5.60 Å². The molecule has 4 rings (SSSR count). The van der Waals surface area contributed by atoms with E-state index in [0.717, 1.165) is 50.5 Å². The van der Waals surface area contributed by atoms with Gasteiger partial charge in [0.2, 0.25) is 0 Å². The number of hydrogen-bond acceptors (Lipinski definition) is 5. The van der Waals surface area contributed by atoms with Gasteiger partial charge in [-0.15, -0.1) is 11.8 Å². The number of ether oxygens (including phenoxy) is 3. The van der Waals surface area contributed by atoms with Gasteiger partial charge in [-0.2, -0.15) is 0 Å². The van der Waals surface area contributed by atoms with Crippen molar-refractivity contribution in [1.82, 2.24) is 0 Å². The molecule has 0 amide bonds. The van der Waals surface area contributed by atoms with E-state index in [1.807, 2.05) is 7.11 Å². The van der Waals surface area contributed by atoms with E-state index in [4.69, 9.17) is 19.2 Å². The van der Waals surface area contributed by atoms with Gasteiger partial charge < -0.3 is 14.2 Å². The van der Waals surface area contributed by atoms with Gasteiger partial charge >= 0.3 is 0 Å². The Morgan fingerprint density at radius 1 is 1.13 bits per heavy atom. The number of fused-ring (bicyclic) bond motifs is 1. The minimum atomic E-state index is -0.560. The quantitative estimate of drug-likeness (QED) is 0.792. The molecule has 1 aliphatic carbocycles. The van der Waals surface area contributed by atoms with Crippen LogP contribution in [-0.4, -0.2) is 49.7 Å². The summed E-state index contributed by atoms with van der Waals surface area (Å²) in [4.78, 5) is 6.05. The molecule has 4 nitrogen and oxygen atoms in total. The lowest BCUT2D eigenvalue weighted by atomic mass is 9.74. The fraction of sp³-hybridized carbons (Fsp3) is 0.722. The van der Waals surface area contributed by atoms with Gasteiger partial charge in [0.15, 0.2) is 5.60 Å². The Morgan fingerprint density at radius 2 is 1.96 bits per heavy atom. The molecular formula is C18H25NO3S. The summed E-state index contributed by atoms with van der Waals surface area (Å²) < 4.78 is 18.6. The second-order valence-corrected chi connectivity index (χ2v) is 7.57. The van der Waals surface area contributed by atoms with Crippen molar-refractivity contribution in [3.63, 3.8) is 0 Å². The van der Waals surface area contributed by atoms with E-state index in [2.05, 4.69) is 12.2 Å². The van der Waals surface area contributed by atoms with Gasteiger partial charge in [0.25, 0.3) is 0 Å². The first kappa shape index (κ1) is 15.9. The minimum Gasteiger partial charge on any atom is -0.374 e. The number of hydrogen-bond donors (Lipinski definition) is 0. The Kier molecular flexibility index (Phi) is 4.63. The van der Waals surface area contributed by atoms with Crippen LogP contribution in [0.1, 0.15) is 38.5 Å². The van der Waals surface area contributed by atoms with Gasteiger partial charge in [0.1, 0.15) is 0 Å². The number of thioether (sulfide) groups is 1. The topological polar surface area (TPSA) is 40.0 Å². The van der Waals surface area contributed by atoms with Crippen LogP contribution in [-0.2, 0) is 14.2 Å². The van der Waals surface area contributed by atoms with Crippen LogP contribution in [0.2, 0.25) is 0 Å². The largest absolute Gasteiger partial charge is 0.374 e. The highest BCUT2D eigenvalue weighted by Crippen LogP contribution is 2.46. The molecule has 3 aliphatic heterocycles. The van der Waals surface area contributed by atoms with E-state index in [1.54, 1.807) is 11.8 Å². The maximum Gasteiger partial charge on any atom is 0.160 e. The van der Waals surface area contributed by atoms with E-state index in [-0.39, 0.29) is 12.2 Å². The lowest BCUT2D eigenvalue weighted by Crippen LogP contribution is -2.58. The number of allylic oxidation sites excluding steroid dienone is 2. The van der Waals surface area contributed by atoms with E-state index in [1.165, 1.54) is 23.3 Å². The summed E-state index contributed by atoms with van der Waals surface area (Å²) in [6.45, 7) is 1.65. The Hall–Kier alpha value is -0.620. The SMILES string of the molecule is COC1(C2CCCCO2)C(C2CCCCO2)=CC=C2SCN=C21. The zero-order chi connectivity index (χ0) is 15.7. The molecule has 0 bridgehead atoms. The molecule has 0 radical (unpaired) electrons. The molecule has 0 aromatic heterocycles. The van der Waals surface area contributed by atoms with Crippen molar-refractivity contribution in [3.8, 4) is 0 Å². The molecule has 126 valence electrons. The van der Waals surface area contributed by atoms with Gasteiger partial charge in [0, 0.05) is 25.2 Å². The fourth-order valence-corrected chi connectivity index (χ4v) is 5.09. The summed E-state index contributed by atoms with van der Waals surface area (Å²) >= 11 is 1.79. The molecular weight excluding hydrogens is 310 g/mol. The summed E-state index contributed by atoms with van der Waals surface area (Å²) in [5, 5.41) is 0. The van der Waals surface area contributed by atoms with Gasteiger partial charge in [-0.05, 0) is 50.2 Å². The monoisotopic (exact) mass is 335 g/mol. The third kappa shape index (κ3) is 2.62. The molecule has 3 atom stereocenters. The second-order valence-electron chi connectivity index (χ2n) is 6.58. The van der Waals surface area contributed by atoms with Crippen molar-refractivity contribution in [2.45, 2.75) is 56.3 Å². The van der Waals surface area contributed by atoms with Crippen LogP contribution in [0.3, 0.4) is 0 Å². The number of aliphatic imine (C=N–C) groups is 1. The molecule has 5 heteroatoms. The highest BCUT2D eigenvalue weighted by atomic mass is 32.2. The van der Waals surface area contributed by atoms with Crippen molar-refractivity contribution in [3.05, 3.63) is 22.6 Å². The summed E-state index contributed by atoms with van der Waals surface area (Å²) in [6.07, 6.45) is 11.4. The Balaban J connectivity index is 1.76. The first-order valence-corrected chi connectivity index (χ1v) is 9.73. The Labute approximate surface area is 142 Å². The Morgan fingerprint density at radius 3 is 2.65 bits per heavy atom. The highest BCUT2D eigenvalue weighted by Gasteiger charge is 2.53. The molecule has 0 aromatic carbocycles. The molecule has 3 heterocycles. The van der Waals surface area contributed by atoms with Crippen LogP contribution in [0, 0.1) is 0 Å². The summed E-state index contributed by atoms with van der Waals surface area (Å²) in [6, 6.07) is 0. The fourth-order valence-electron chi connectivity index (χ4n) is 4.24. The first-order chi connectivity index (χ1) is 11.4. The number of nitrogens with zero attached hydrogens (tertiary/aromatic N) is 1. The molecule has 0 spiro atoms. The third-order valence-corrected chi connectivity index (χ3v) is 6.25. The van der Waals surface area contributed by atoms with E-state index >= 15 is 0 Å². The number of rotatable bonds is 3. The first-order valence-electron chi connectivity index (χ1n) is 8.75. The van der Waals surface area contributed by atoms with Crippen LogP contribution < -0.4 is 0 Å². The predicted octanol–water partition coefficient (Wildman–Crippen LogP) is 3.48. The Bertz CT molecular complexity index is 544. The standard InChI is InChI=1S/C18H25NO3S/c1-20-18(16-7-3-5-11-22-16)13(14-6-2-4-10-21-14)8-9-15-17(18)19-12-23-15/h8-9,14,16H,2-7,10-12H2,1H3. The van der Waals surface area contributed by atoms with Gasteiger partial charge in [0.05, 0.1) is 23.8 Å². The molecule has 0 aromatic rings. The molecule has 0 N–H and O–H groups in total. The molecule has 4 aliphatic rings. The van der Waals surface area contributed by atoms with Crippen molar-refractivity contribution in [2.24, 2.45) is 4.99 Å². The normalized spacial score (nSPS) is 37.7. The summed E-state index contributed by atoms with van der Waals surface area (Å²) in [5.74, 6) is 0.783. The zero-order valence-electron chi connectivity index (χ0n) is 13.8. The average molecular weight is 335 g/mol. The predicted molar refractivity (Wildman–Crippen MR) is 93.0 cm³/mol. The van der Waals surface area contributed by atoms with Crippen molar-refractivity contribution in [2.75, 3.05) is 26.2 Å². The molecule has 3 unspecified atom stereocenters. The van der Waals surface area contributed by atoms with E-state index in [9.17, 15) is 0 Å². The zero-order valence-corrected chi connectivity index (χ0v) is 14.6. The molecule has 0 saturated carbocycles. The van der Waals surface area contributed by atoms with Gasteiger partial charge in [-0.1, -0.05) is 6.08 Å². The highest BCUT2D eigenvalue weighted by molar-refractivity contribution is 8.04. The average Bonchev–Trinajstić information content (AvgIpc) is 3.11. The van der Waals surface area contributed by atoms with E-state index in [0.29, 0.717) is 0 Å². The second kappa shape index (κ2) is 6.71. The van der Waals surface area contributed by atoms with Crippen LogP contribution in [0.5, 0.6) is 0 Å². The molecule has 2 saturated heterocycles. The van der Waals surface area contributed by atoms with Gasteiger partial charge in [-0.3, -0.25) is 4.99 Å². The van der Waals surface area contributed by atoms with Gasteiger partial charge in [-0.25, -0.2) is 0 Å². The lowest BCUT2D eigenvalue weighted by molar-refractivity contribution is -0.103. The van der Waals surface area contributed by atoms with Crippen LogP contribution in [0.15, 0.2) is 27.6 Å². The van der Waals surface area contributed by atoms with Crippen LogP contribution in [0.25, 0.3) is 0 Å². The number of methoxy groups -OCH3 is 1. The van der Waals surface area contributed by atoms with Crippen molar-refractivity contribution >= 4 is 17.5 Å². The molecule has 23 heavy (non-hydrogen) atoms.